The molecule has 0 saturated carbocycles. The monoisotopic (exact) mass is 493 g/mol. The molecule has 0 saturated heterocycles. The highest BCUT2D eigenvalue weighted by molar-refractivity contribution is 7.14. The number of nitrogens with one attached hydrogen (secondary N) is 2. The van der Waals surface area contributed by atoms with E-state index in [0.29, 0.717) is 50.2 Å². The van der Waals surface area contributed by atoms with Crippen LogP contribution in [0.5, 0.6) is 0 Å². The summed E-state index contributed by atoms with van der Waals surface area (Å²) in [5, 5.41) is 8.81. The molecule has 0 amide bonds. The fourth-order valence-corrected chi connectivity index (χ4v) is 4.89. The zero-order valence-corrected chi connectivity index (χ0v) is 20.5. The van der Waals surface area contributed by atoms with Crippen molar-refractivity contribution in [1.82, 2.24) is 10.3 Å². The summed E-state index contributed by atoms with van der Waals surface area (Å²) in [6.45, 7) is 3.53. The number of carbonyl (C=O) groups is 2. The summed E-state index contributed by atoms with van der Waals surface area (Å²) >= 11 is 1.36. The first kappa shape index (κ1) is 24.2. The number of para-hydroxylation sites is 1. The molecule has 0 bridgehead atoms. The molecule has 0 spiro atoms. The van der Waals surface area contributed by atoms with Crippen LogP contribution in [0.2, 0.25) is 0 Å². The van der Waals surface area contributed by atoms with E-state index in [2.05, 4.69) is 15.6 Å². The van der Waals surface area contributed by atoms with Crippen molar-refractivity contribution in [3.05, 3.63) is 87.8 Å². The van der Waals surface area contributed by atoms with E-state index >= 15 is 0 Å². The van der Waals surface area contributed by atoms with Crippen LogP contribution in [0.15, 0.2) is 76.5 Å². The zero-order chi connectivity index (χ0) is 25.1. The van der Waals surface area contributed by atoms with Gasteiger partial charge in [0.2, 0.25) is 0 Å². The van der Waals surface area contributed by atoms with Crippen LogP contribution in [0.1, 0.15) is 25.3 Å². The van der Waals surface area contributed by atoms with Crippen molar-refractivity contribution >= 4 is 34.1 Å². The summed E-state index contributed by atoms with van der Waals surface area (Å²) in [4.78, 5) is 30.2. The average Bonchev–Trinajstić information content (AvgIpc) is 3.31. The Balaban J connectivity index is 1.78. The van der Waals surface area contributed by atoms with E-state index < -0.39 is 17.9 Å². The highest BCUT2D eigenvalue weighted by atomic mass is 32.1. The largest absolute Gasteiger partial charge is 0.466 e. The van der Waals surface area contributed by atoms with Gasteiger partial charge in [0.05, 0.1) is 37.0 Å². The lowest BCUT2D eigenvalue weighted by atomic mass is 9.79. The third-order valence-corrected chi connectivity index (χ3v) is 6.47. The second-order valence-corrected chi connectivity index (χ2v) is 8.74. The van der Waals surface area contributed by atoms with Crippen LogP contribution in [0.3, 0.4) is 0 Å². The first-order valence-electron chi connectivity index (χ1n) is 10.8. The summed E-state index contributed by atoms with van der Waals surface area (Å²) in [5.41, 5.74) is 4.43. The summed E-state index contributed by atoms with van der Waals surface area (Å²) < 4.78 is 23.8. The number of hydrogen-bond acceptors (Lipinski definition) is 8. The molecular formula is C26H24FN3O4S. The molecule has 2 heterocycles. The molecule has 0 aliphatic carbocycles. The molecule has 7 nitrogen and oxygen atoms in total. The van der Waals surface area contributed by atoms with Gasteiger partial charge in [-0.05, 0) is 37.6 Å². The van der Waals surface area contributed by atoms with Crippen LogP contribution in [0, 0.1) is 5.82 Å². The minimum atomic E-state index is -0.734. The number of allylic oxidation sites excluding steroid dienone is 2. The number of thiazole rings is 1. The molecule has 1 aliphatic heterocycles. The van der Waals surface area contributed by atoms with E-state index in [1.807, 2.05) is 29.6 Å². The quantitative estimate of drug-likeness (QED) is 0.452. The van der Waals surface area contributed by atoms with Crippen LogP contribution < -0.4 is 10.6 Å². The number of aromatic nitrogens is 1. The Morgan fingerprint density at radius 2 is 1.66 bits per heavy atom. The average molecular weight is 494 g/mol. The number of halogens is 1. The van der Waals surface area contributed by atoms with E-state index in [-0.39, 0.29) is 5.82 Å². The molecule has 2 N–H and O–H groups in total. The number of esters is 2. The van der Waals surface area contributed by atoms with Crippen molar-refractivity contribution in [1.29, 1.82) is 0 Å². The van der Waals surface area contributed by atoms with Gasteiger partial charge in [0.15, 0.2) is 5.13 Å². The van der Waals surface area contributed by atoms with E-state index in [1.54, 1.807) is 26.0 Å². The topological polar surface area (TPSA) is 89.5 Å². The molecule has 0 atom stereocenters. The third-order valence-electron chi connectivity index (χ3n) is 5.71. The van der Waals surface area contributed by atoms with Crippen molar-refractivity contribution in [3.63, 3.8) is 0 Å². The van der Waals surface area contributed by atoms with Gasteiger partial charge in [-0.2, -0.15) is 0 Å². The molecule has 2 aromatic carbocycles. The molecule has 1 aliphatic rings. The summed E-state index contributed by atoms with van der Waals surface area (Å²) in [7, 11) is 2.60. The zero-order valence-electron chi connectivity index (χ0n) is 19.6. The predicted molar refractivity (Wildman–Crippen MR) is 133 cm³/mol. The van der Waals surface area contributed by atoms with E-state index in [1.165, 1.54) is 37.7 Å². The van der Waals surface area contributed by atoms with Crippen molar-refractivity contribution in [2.75, 3.05) is 19.5 Å². The number of hydrogen-bond donors (Lipinski definition) is 2. The summed E-state index contributed by atoms with van der Waals surface area (Å²) in [6.07, 6.45) is 0. The number of benzene rings is 2. The number of ether oxygens (including phenoxy) is 2. The molecule has 0 radical (unpaired) electrons. The Labute approximate surface area is 206 Å². The Morgan fingerprint density at radius 1 is 1.00 bits per heavy atom. The van der Waals surface area contributed by atoms with Crippen molar-refractivity contribution in [2.24, 2.45) is 0 Å². The highest BCUT2D eigenvalue weighted by Gasteiger charge is 2.38. The van der Waals surface area contributed by atoms with E-state index in [4.69, 9.17) is 9.47 Å². The van der Waals surface area contributed by atoms with Gasteiger partial charge < -0.3 is 20.1 Å². The van der Waals surface area contributed by atoms with Gasteiger partial charge in [0.1, 0.15) is 5.82 Å². The fraction of sp³-hybridized carbons (Fsp3) is 0.192. The first-order valence-corrected chi connectivity index (χ1v) is 11.6. The number of nitrogens with zero attached hydrogens (tertiary/aromatic N) is 1. The van der Waals surface area contributed by atoms with Gasteiger partial charge >= 0.3 is 11.9 Å². The number of rotatable bonds is 6. The Hall–Kier alpha value is -3.98. The molecule has 4 rings (SSSR count). The lowest BCUT2D eigenvalue weighted by molar-refractivity contribution is -0.137. The van der Waals surface area contributed by atoms with Gasteiger partial charge in [0, 0.05) is 28.0 Å². The minimum Gasteiger partial charge on any atom is -0.466 e. The van der Waals surface area contributed by atoms with Gasteiger partial charge in [-0.1, -0.05) is 30.3 Å². The standard InChI is InChI=1S/C26H24FN3O4S/c1-14-21(24(31)33-3)23(22(15(2)28-14)25(32)34-4)18-10-5-6-11-19(18)29-26-30-20(13-35-26)16-8-7-9-17(27)12-16/h5-13,23,28H,1-4H3,(H,29,30). The van der Waals surface area contributed by atoms with Crippen molar-refractivity contribution in [2.45, 2.75) is 19.8 Å². The maximum atomic E-state index is 13.7. The Bertz CT molecular complexity index is 1320. The van der Waals surface area contributed by atoms with Crippen LogP contribution in [-0.4, -0.2) is 31.1 Å². The van der Waals surface area contributed by atoms with E-state index in [9.17, 15) is 14.0 Å². The van der Waals surface area contributed by atoms with Gasteiger partial charge in [-0.15, -0.1) is 11.3 Å². The number of carbonyl (C=O) groups excluding carboxylic acids is 2. The van der Waals surface area contributed by atoms with Crippen LogP contribution in [0.25, 0.3) is 11.3 Å². The van der Waals surface area contributed by atoms with E-state index in [0.717, 1.165) is 0 Å². The first-order chi connectivity index (χ1) is 16.8. The summed E-state index contributed by atoms with van der Waals surface area (Å²) in [6, 6.07) is 13.6. The molecule has 180 valence electrons. The summed E-state index contributed by atoms with van der Waals surface area (Å²) in [5.74, 6) is -2.17. The maximum absolute atomic E-state index is 13.7. The molecular weight excluding hydrogens is 469 g/mol. The fourth-order valence-electron chi connectivity index (χ4n) is 4.16. The predicted octanol–water partition coefficient (Wildman–Crippen LogP) is 5.27. The lowest BCUT2D eigenvalue weighted by Crippen LogP contribution is -2.32. The van der Waals surface area contributed by atoms with Gasteiger partial charge in [-0.25, -0.2) is 19.0 Å². The van der Waals surface area contributed by atoms with Gasteiger partial charge in [-0.3, -0.25) is 0 Å². The lowest BCUT2D eigenvalue weighted by Gasteiger charge is -2.31. The minimum absolute atomic E-state index is 0.312. The van der Waals surface area contributed by atoms with Crippen LogP contribution in [-0.2, 0) is 19.1 Å². The normalized spacial score (nSPS) is 14.0. The Morgan fingerprint density at radius 3 is 2.29 bits per heavy atom. The van der Waals surface area contributed by atoms with Crippen LogP contribution >= 0.6 is 11.3 Å². The molecule has 1 aromatic heterocycles. The molecule has 9 heteroatoms. The molecule has 3 aromatic rings. The number of anilines is 2. The number of methoxy groups -OCH3 is 2. The third kappa shape index (κ3) is 4.81. The molecule has 35 heavy (non-hydrogen) atoms. The van der Waals surface area contributed by atoms with Crippen molar-refractivity contribution < 1.29 is 23.5 Å². The SMILES string of the molecule is COC(=O)C1=C(C)NC(C)=C(C(=O)OC)C1c1ccccc1Nc1nc(-c2cccc(F)c2)cs1. The smallest absolute Gasteiger partial charge is 0.336 e. The maximum Gasteiger partial charge on any atom is 0.336 e. The number of dihydropyridines is 1. The molecule has 0 fully saturated rings. The van der Waals surface area contributed by atoms with Crippen LogP contribution in [0.4, 0.5) is 15.2 Å². The second-order valence-electron chi connectivity index (χ2n) is 7.88. The van der Waals surface area contributed by atoms with Gasteiger partial charge in [0.25, 0.3) is 0 Å². The second kappa shape index (κ2) is 10.1. The van der Waals surface area contributed by atoms with Crippen molar-refractivity contribution in [3.8, 4) is 11.3 Å². The molecule has 0 unspecified atom stereocenters. The Kier molecular flexibility index (Phi) is 6.97. The highest BCUT2D eigenvalue weighted by Crippen LogP contribution is 2.42.